The van der Waals surface area contributed by atoms with Crippen LogP contribution in [-0.2, 0) is 11.3 Å². The van der Waals surface area contributed by atoms with Gasteiger partial charge in [-0.2, -0.15) is 0 Å². The number of imide groups is 1. The Balaban J connectivity index is 2.25. The molecule has 0 aliphatic rings. The van der Waals surface area contributed by atoms with Crippen LogP contribution in [0.1, 0.15) is 24.6 Å². The van der Waals surface area contributed by atoms with Crippen LogP contribution in [-0.4, -0.2) is 37.0 Å². The zero-order chi connectivity index (χ0) is 15.0. The highest BCUT2D eigenvalue weighted by molar-refractivity contribution is 7.16. The largest absolute Gasteiger partial charge is 0.338 e. The van der Waals surface area contributed by atoms with Gasteiger partial charge in [-0.15, -0.1) is 11.3 Å². The van der Waals surface area contributed by atoms with Crippen molar-refractivity contribution in [1.29, 1.82) is 0 Å². The lowest BCUT2D eigenvalue weighted by atomic mass is 10.3. The first kappa shape index (κ1) is 16.9. The summed E-state index contributed by atoms with van der Waals surface area (Å²) in [6, 6.07) is 3.33. The van der Waals surface area contributed by atoms with E-state index in [0.717, 1.165) is 22.1 Å². The molecule has 5 nitrogen and oxygen atoms in total. The average Bonchev–Trinajstić information content (AvgIpc) is 2.74. The van der Waals surface area contributed by atoms with E-state index in [0.29, 0.717) is 13.1 Å². The Hall–Kier alpha value is -1.11. The molecule has 7 heteroatoms. The molecule has 0 atom stereocenters. The third kappa shape index (κ3) is 6.88. The minimum absolute atomic E-state index is 0.163. The van der Waals surface area contributed by atoms with Gasteiger partial charge in [0.2, 0.25) is 5.91 Å². The Morgan fingerprint density at radius 1 is 1.40 bits per heavy atom. The summed E-state index contributed by atoms with van der Waals surface area (Å²) in [5.74, 6) is -0.316. The van der Waals surface area contributed by atoms with Crippen molar-refractivity contribution in [3.05, 3.63) is 21.3 Å². The first-order chi connectivity index (χ1) is 9.51. The molecule has 20 heavy (non-hydrogen) atoms. The first-order valence-electron chi connectivity index (χ1n) is 6.51. The molecule has 3 amide bonds. The van der Waals surface area contributed by atoms with Crippen LogP contribution >= 0.6 is 22.9 Å². The van der Waals surface area contributed by atoms with Gasteiger partial charge in [0.15, 0.2) is 0 Å². The van der Waals surface area contributed by atoms with Crippen molar-refractivity contribution in [3.8, 4) is 0 Å². The number of nitrogens with one attached hydrogen (secondary N) is 2. The van der Waals surface area contributed by atoms with E-state index < -0.39 is 6.03 Å². The Morgan fingerprint density at radius 2 is 2.15 bits per heavy atom. The van der Waals surface area contributed by atoms with E-state index in [1.54, 1.807) is 0 Å². The fourth-order valence-electron chi connectivity index (χ4n) is 1.59. The molecule has 0 spiro atoms. The normalized spacial score (nSPS) is 10.6. The monoisotopic (exact) mass is 317 g/mol. The standard InChI is InChI=1S/C13H20ClN3O2S/c1-3-4-7-15-13(19)16-12(18)9-17(2)8-10-5-6-11(14)20-10/h5-6H,3-4,7-9H2,1-2H3,(H2,15,16,18,19). The van der Waals surface area contributed by atoms with E-state index in [9.17, 15) is 9.59 Å². The zero-order valence-electron chi connectivity index (χ0n) is 11.7. The van der Waals surface area contributed by atoms with Crippen LogP contribution in [0.3, 0.4) is 0 Å². The average molecular weight is 318 g/mol. The molecule has 0 saturated heterocycles. The minimum atomic E-state index is -0.434. The van der Waals surface area contributed by atoms with Crippen LogP contribution in [0.15, 0.2) is 12.1 Å². The Bertz CT molecular complexity index is 451. The fourth-order valence-corrected chi connectivity index (χ4v) is 2.76. The third-order valence-electron chi connectivity index (χ3n) is 2.54. The molecule has 0 fully saturated rings. The molecule has 0 aromatic carbocycles. The molecule has 0 aliphatic carbocycles. The highest BCUT2D eigenvalue weighted by Crippen LogP contribution is 2.22. The van der Waals surface area contributed by atoms with Crippen LogP contribution in [0.4, 0.5) is 4.79 Å². The number of nitrogens with zero attached hydrogens (tertiary/aromatic N) is 1. The van der Waals surface area contributed by atoms with Crippen molar-refractivity contribution in [2.24, 2.45) is 0 Å². The van der Waals surface area contributed by atoms with Gasteiger partial charge >= 0.3 is 6.03 Å². The number of rotatable bonds is 7. The SMILES string of the molecule is CCCCNC(=O)NC(=O)CN(C)Cc1ccc(Cl)s1. The summed E-state index contributed by atoms with van der Waals surface area (Å²) in [5, 5.41) is 4.94. The number of carbonyl (C=O) groups excluding carboxylic acids is 2. The zero-order valence-corrected chi connectivity index (χ0v) is 13.3. The number of likely N-dealkylation sites (N-methyl/N-ethyl adjacent to an activating group) is 1. The second kappa shape index (κ2) is 8.94. The lowest BCUT2D eigenvalue weighted by Crippen LogP contribution is -2.43. The summed E-state index contributed by atoms with van der Waals surface area (Å²) in [6.45, 7) is 3.41. The number of carbonyl (C=O) groups is 2. The third-order valence-corrected chi connectivity index (χ3v) is 3.75. The molecular weight excluding hydrogens is 298 g/mol. The van der Waals surface area contributed by atoms with Gasteiger partial charge in [-0.1, -0.05) is 24.9 Å². The Morgan fingerprint density at radius 3 is 2.75 bits per heavy atom. The molecule has 1 rings (SSSR count). The van der Waals surface area contributed by atoms with Gasteiger partial charge < -0.3 is 5.32 Å². The Kier molecular flexibility index (Phi) is 7.58. The van der Waals surface area contributed by atoms with Gasteiger partial charge in [-0.3, -0.25) is 15.0 Å². The van der Waals surface area contributed by atoms with Crippen LogP contribution in [0.2, 0.25) is 4.34 Å². The molecule has 0 saturated carbocycles. The maximum Gasteiger partial charge on any atom is 0.321 e. The van der Waals surface area contributed by atoms with Crippen LogP contribution in [0.5, 0.6) is 0 Å². The molecule has 112 valence electrons. The first-order valence-corrected chi connectivity index (χ1v) is 7.71. The van der Waals surface area contributed by atoms with Crippen molar-refractivity contribution < 1.29 is 9.59 Å². The molecule has 0 aliphatic heterocycles. The number of halogens is 1. The molecule has 1 aromatic rings. The smallest absolute Gasteiger partial charge is 0.321 e. The second-order valence-corrected chi connectivity index (χ2v) is 6.34. The lowest BCUT2D eigenvalue weighted by Gasteiger charge is -2.15. The number of amides is 3. The fraction of sp³-hybridized carbons (Fsp3) is 0.538. The topological polar surface area (TPSA) is 61.4 Å². The molecule has 1 aromatic heterocycles. The van der Waals surface area contributed by atoms with Crippen molar-refractivity contribution in [2.45, 2.75) is 26.3 Å². The van der Waals surface area contributed by atoms with Gasteiger partial charge in [-0.25, -0.2) is 4.79 Å². The maximum atomic E-state index is 11.7. The predicted octanol–water partition coefficient (Wildman–Crippen LogP) is 2.46. The van der Waals surface area contributed by atoms with E-state index in [-0.39, 0.29) is 12.5 Å². The second-order valence-electron chi connectivity index (χ2n) is 4.54. The van der Waals surface area contributed by atoms with Crippen molar-refractivity contribution >= 4 is 34.9 Å². The Labute approximate surface area is 128 Å². The van der Waals surface area contributed by atoms with Crippen molar-refractivity contribution in [1.82, 2.24) is 15.5 Å². The summed E-state index contributed by atoms with van der Waals surface area (Å²) >= 11 is 7.33. The van der Waals surface area contributed by atoms with Gasteiger partial charge in [0, 0.05) is 18.0 Å². The van der Waals surface area contributed by atoms with Crippen LogP contribution in [0.25, 0.3) is 0 Å². The van der Waals surface area contributed by atoms with E-state index in [2.05, 4.69) is 10.6 Å². The predicted molar refractivity (Wildman–Crippen MR) is 82.1 cm³/mol. The van der Waals surface area contributed by atoms with Gasteiger partial charge in [0.1, 0.15) is 0 Å². The minimum Gasteiger partial charge on any atom is -0.338 e. The molecule has 2 N–H and O–H groups in total. The molecule has 0 bridgehead atoms. The van der Waals surface area contributed by atoms with E-state index >= 15 is 0 Å². The quantitative estimate of drug-likeness (QED) is 0.759. The molecular formula is C13H20ClN3O2S. The van der Waals surface area contributed by atoms with Gasteiger partial charge in [0.25, 0.3) is 0 Å². The summed E-state index contributed by atoms with van der Waals surface area (Å²) < 4.78 is 0.730. The van der Waals surface area contributed by atoms with Gasteiger partial charge in [-0.05, 0) is 25.6 Å². The van der Waals surface area contributed by atoms with E-state index in [1.165, 1.54) is 11.3 Å². The summed E-state index contributed by atoms with van der Waals surface area (Å²) in [5.41, 5.74) is 0. The number of hydrogen-bond acceptors (Lipinski definition) is 4. The highest BCUT2D eigenvalue weighted by atomic mass is 35.5. The number of unbranched alkanes of at least 4 members (excludes halogenated alkanes) is 1. The summed E-state index contributed by atoms with van der Waals surface area (Å²) in [7, 11) is 1.82. The highest BCUT2D eigenvalue weighted by Gasteiger charge is 2.11. The number of urea groups is 1. The van der Waals surface area contributed by atoms with E-state index in [1.807, 2.05) is 31.0 Å². The van der Waals surface area contributed by atoms with Crippen LogP contribution < -0.4 is 10.6 Å². The van der Waals surface area contributed by atoms with Crippen molar-refractivity contribution in [2.75, 3.05) is 20.1 Å². The van der Waals surface area contributed by atoms with Crippen molar-refractivity contribution in [3.63, 3.8) is 0 Å². The maximum absolute atomic E-state index is 11.7. The summed E-state index contributed by atoms with van der Waals surface area (Å²) in [4.78, 5) is 26.0. The number of thiophene rings is 1. The number of hydrogen-bond donors (Lipinski definition) is 2. The molecule has 0 unspecified atom stereocenters. The summed E-state index contributed by atoms with van der Waals surface area (Å²) in [6.07, 6.45) is 1.90. The lowest BCUT2D eigenvalue weighted by molar-refractivity contribution is -0.120. The molecule has 0 radical (unpaired) electrons. The molecule has 1 heterocycles. The van der Waals surface area contributed by atoms with E-state index in [4.69, 9.17) is 11.6 Å². The van der Waals surface area contributed by atoms with Gasteiger partial charge in [0.05, 0.1) is 10.9 Å². The van der Waals surface area contributed by atoms with Crippen LogP contribution in [0, 0.1) is 0 Å².